The summed E-state index contributed by atoms with van der Waals surface area (Å²) in [6.45, 7) is 3.73. The molecule has 0 spiro atoms. The third-order valence-corrected chi connectivity index (χ3v) is 2.78. The van der Waals surface area contributed by atoms with Gasteiger partial charge >= 0.3 is 0 Å². The van der Waals surface area contributed by atoms with E-state index in [4.69, 9.17) is 15.2 Å². The van der Waals surface area contributed by atoms with Crippen LogP contribution in [0.15, 0.2) is 48.5 Å². The van der Waals surface area contributed by atoms with Gasteiger partial charge in [0.25, 0.3) is 0 Å². The highest BCUT2D eigenvalue weighted by Gasteiger charge is 1.99. The van der Waals surface area contributed by atoms with E-state index in [0.717, 1.165) is 22.6 Å². The summed E-state index contributed by atoms with van der Waals surface area (Å²) in [6.07, 6.45) is 0. The number of benzene rings is 2. The van der Waals surface area contributed by atoms with Gasteiger partial charge < -0.3 is 15.2 Å². The lowest BCUT2D eigenvalue weighted by atomic mass is 10.1. The predicted octanol–water partition coefficient (Wildman–Crippen LogP) is 3.12. The Morgan fingerprint density at radius 1 is 0.895 bits per heavy atom. The quantitative estimate of drug-likeness (QED) is 0.864. The molecule has 3 nitrogen and oxygen atoms in total. The highest BCUT2D eigenvalue weighted by atomic mass is 16.5. The van der Waals surface area contributed by atoms with Crippen LogP contribution >= 0.6 is 0 Å². The van der Waals surface area contributed by atoms with E-state index in [0.29, 0.717) is 19.8 Å². The van der Waals surface area contributed by atoms with Crippen LogP contribution in [0, 0.1) is 0 Å². The van der Waals surface area contributed by atoms with Gasteiger partial charge in [0.05, 0.1) is 6.61 Å². The molecule has 0 atom stereocenters. The average molecular weight is 257 g/mol. The summed E-state index contributed by atoms with van der Waals surface area (Å²) >= 11 is 0. The maximum absolute atomic E-state index is 5.74. The minimum absolute atomic E-state index is 0.542. The van der Waals surface area contributed by atoms with Crippen molar-refractivity contribution in [3.63, 3.8) is 0 Å². The van der Waals surface area contributed by atoms with Gasteiger partial charge in [-0.1, -0.05) is 30.3 Å². The molecule has 0 aliphatic rings. The molecule has 0 aliphatic carbocycles. The monoisotopic (exact) mass is 257 g/mol. The van der Waals surface area contributed by atoms with Crippen molar-refractivity contribution in [2.75, 3.05) is 6.61 Å². The van der Waals surface area contributed by atoms with Crippen LogP contribution in [0.2, 0.25) is 0 Å². The highest BCUT2D eigenvalue weighted by Crippen LogP contribution is 2.20. The van der Waals surface area contributed by atoms with Gasteiger partial charge in [0.15, 0.2) is 0 Å². The van der Waals surface area contributed by atoms with Crippen molar-refractivity contribution < 1.29 is 9.47 Å². The Hall–Kier alpha value is -2.00. The fourth-order valence-electron chi connectivity index (χ4n) is 1.76. The molecule has 0 saturated carbocycles. The first-order valence-electron chi connectivity index (χ1n) is 6.45. The van der Waals surface area contributed by atoms with Crippen molar-refractivity contribution >= 4 is 0 Å². The van der Waals surface area contributed by atoms with Crippen LogP contribution in [-0.4, -0.2) is 6.61 Å². The lowest BCUT2D eigenvalue weighted by Gasteiger charge is -2.09. The molecule has 100 valence electrons. The summed E-state index contributed by atoms with van der Waals surface area (Å²) in [5.74, 6) is 1.65. The second-order valence-corrected chi connectivity index (χ2v) is 4.22. The van der Waals surface area contributed by atoms with Gasteiger partial charge in [-0.25, -0.2) is 0 Å². The standard InChI is InChI=1S/C16H19NO2/c1-2-18-15-4-3-5-16(10-15)19-12-14-8-6-13(11-17)7-9-14/h3-10H,2,11-12,17H2,1H3. The predicted molar refractivity (Wildman–Crippen MR) is 76.3 cm³/mol. The molecule has 0 unspecified atom stereocenters. The van der Waals surface area contributed by atoms with Gasteiger partial charge in [-0.15, -0.1) is 0 Å². The van der Waals surface area contributed by atoms with Gasteiger partial charge in [-0.2, -0.15) is 0 Å². The second kappa shape index (κ2) is 6.81. The van der Waals surface area contributed by atoms with Crippen LogP contribution in [0.1, 0.15) is 18.1 Å². The van der Waals surface area contributed by atoms with E-state index in [-0.39, 0.29) is 0 Å². The lowest BCUT2D eigenvalue weighted by molar-refractivity contribution is 0.299. The smallest absolute Gasteiger partial charge is 0.123 e. The maximum atomic E-state index is 5.74. The molecule has 0 radical (unpaired) electrons. The second-order valence-electron chi connectivity index (χ2n) is 4.22. The third-order valence-electron chi connectivity index (χ3n) is 2.78. The van der Waals surface area contributed by atoms with E-state index in [2.05, 4.69) is 0 Å². The summed E-state index contributed by atoms with van der Waals surface area (Å²) in [5.41, 5.74) is 7.82. The van der Waals surface area contributed by atoms with Crippen LogP contribution in [0.5, 0.6) is 11.5 Å². The first-order valence-corrected chi connectivity index (χ1v) is 6.45. The van der Waals surface area contributed by atoms with E-state index in [9.17, 15) is 0 Å². The molecule has 2 rings (SSSR count). The van der Waals surface area contributed by atoms with Crippen molar-refractivity contribution in [3.05, 3.63) is 59.7 Å². The van der Waals surface area contributed by atoms with Crippen LogP contribution < -0.4 is 15.2 Å². The molecular formula is C16H19NO2. The van der Waals surface area contributed by atoms with Crippen LogP contribution in [0.4, 0.5) is 0 Å². The summed E-state index contributed by atoms with van der Waals surface area (Å²) < 4.78 is 11.2. The van der Waals surface area contributed by atoms with E-state index >= 15 is 0 Å². The van der Waals surface area contributed by atoms with E-state index in [1.165, 1.54) is 0 Å². The number of ether oxygens (including phenoxy) is 2. The van der Waals surface area contributed by atoms with Crippen LogP contribution in [0.25, 0.3) is 0 Å². The van der Waals surface area contributed by atoms with Crippen molar-refractivity contribution in [2.24, 2.45) is 5.73 Å². The number of hydrogen-bond donors (Lipinski definition) is 1. The third kappa shape index (κ3) is 4.00. The lowest BCUT2D eigenvalue weighted by Crippen LogP contribution is -1.99. The Morgan fingerprint density at radius 2 is 1.53 bits per heavy atom. The Kier molecular flexibility index (Phi) is 4.81. The van der Waals surface area contributed by atoms with Crippen molar-refractivity contribution in [1.82, 2.24) is 0 Å². The summed E-state index contributed by atoms with van der Waals surface area (Å²) in [4.78, 5) is 0. The zero-order chi connectivity index (χ0) is 13.5. The molecule has 0 aliphatic heterocycles. The minimum Gasteiger partial charge on any atom is -0.494 e. The SMILES string of the molecule is CCOc1cccc(OCc2ccc(CN)cc2)c1. The van der Waals surface area contributed by atoms with Gasteiger partial charge in [0.1, 0.15) is 18.1 Å². The largest absolute Gasteiger partial charge is 0.494 e. The molecule has 2 N–H and O–H groups in total. The molecule has 2 aromatic rings. The zero-order valence-corrected chi connectivity index (χ0v) is 11.1. The molecule has 3 heteroatoms. The fraction of sp³-hybridized carbons (Fsp3) is 0.250. The van der Waals surface area contributed by atoms with E-state index in [1.807, 2.05) is 55.5 Å². The molecule has 0 fully saturated rings. The number of rotatable bonds is 6. The molecule has 0 bridgehead atoms. The molecule has 19 heavy (non-hydrogen) atoms. The first-order chi connectivity index (χ1) is 9.31. The Balaban J connectivity index is 1.95. The number of hydrogen-bond acceptors (Lipinski definition) is 3. The minimum atomic E-state index is 0.542. The fourth-order valence-corrected chi connectivity index (χ4v) is 1.76. The Morgan fingerprint density at radius 3 is 2.16 bits per heavy atom. The molecule has 0 heterocycles. The van der Waals surface area contributed by atoms with Crippen molar-refractivity contribution in [3.8, 4) is 11.5 Å². The Labute approximate surface area is 114 Å². The molecular weight excluding hydrogens is 238 g/mol. The molecule has 0 aromatic heterocycles. The molecule has 2 aromatic carbocycles. The van der Waals surface area contributed by atoms with Crippen LogP contribution in [0.3, 0.4) is 0 Å². The van der Waals surface area contributed by atoms with Crippen molar-refractivity contribution in [2.45, 2.75) is 20.1 Å². The van der Waals surface area contributed by atoms with Gasteiger partial charge in [0, 0.05) is 12.6 Å². The van der Waals surface area contributed by atoms with Crippen LogP contribution in [-0.2, 0) is 13.2 Å². The van der Waals surface area contributed by atoms with Gasteiger partial charge in [0.2, 0.25) is 0 Å². The highest BCUT2D eigenvalue weighted by molar-refractivity contribution is 5.33. The molecule has 0 saturated heterocycles. The Bertz CT molecular complexity index is 508. The van der Waals surface area contributed by atoms with Gasteiger partial charge in [-0.3, -0.25) is 0 Å². The molecule has 0 amide bonds. The van der Waals surface area contributed by atoms with Gasteiger partial charge in [-0.05, 0) is 30.2 Å². The topological polar surface area (TPSA) is 44.5 Å². The van der Waals surface area contributed by atoms with Crippen molar-refractivity contribution in [1.29, 1.82) is 0 Å². The normalized spacial score (nSPS) is 10.2. The number of nitrogens with two attached hydrogens (primary N) is 1. The zero-order valence-electron chi connectivity index (χ0n) is 11.1. The van der Waals surface area contributed by atoms with E-state index < -0.39 is 0 Å². The summed E-state index contributed by atoms with van der Waals surface area (Å²) in [6, 6.07) is 15.8. The maximum Gasteiger partial charge on any atom is 0.123 e. The van der Waals surface area contributed by atoms with E-state index in [1.54, 1.807) is 0 Å². The summed E-state index contributed by atoms with van der Waals surface area (Å²) in [7, 11) is 0. The first kappa shape index (κ1) is 13.4. The average Bonchev–Trinajstić information content (AvgIpc) is 2.46. The summed E-state index contributed by atoms with van der Waals surface area (Å²) in [5, 5.41) is 0.